The number of fused-ring (bicyclic) bond motifs is 2. The Bertz CT molecular complexity index is 653. The van der Waals surface area contributed by atoms with E-state index < -0.39 is 0 Å². The lowest BCUT2D eigenvalue weighted by molar-refractivity contribution is 1.27. The Morgan fingerprint density at radius 1 is 0.938 bits per heavy atom. The molecule has 0 radical (unpaired) electrons. The number of hydrogen-bond acceptors (Lipinski definition) is 1. The molecule has 0 N–H and O–H groups in total. The van der Waals surface area contributed by atoms with Gasteiger partial charge in [-0.05, 0) is 41.1 Å². The minimum Gasteiger partial charge on any atom is -0.0888 e. The summed E-state index contributed by atoms with van der Waals surface area (Å²) < 4.78 is 0. The summed E-state index contributed by atoms with van der Waals surface area (Å²) in [5, 5.41) is 2.67. The Balaban J connectivity index is 2.40. The van der Waals surface area contributed by atoms with Gasteiger partial charge in [0.05, 0.1) is 0 Å². The van der Waals surface area contributed by atoms with Crippen LogP contribution >= 0.6 is 11.8 Å². The molecule has 3 rings (SSSR count). The van der Waals surface area contributed by atoms with Gasteiger partial charge in [0.2, 0.25) is 0 Å². The second-order valence-electron chi connectivity index (χ2n) is 3.83. The van der Waals surface area contributed by atoms with Crippen molar-refractivity contribution < 1.29 is 0 Å². The summed E-state index contributed by atoms with van der Waals surface area (Å²) >= 11 is 1.86. The summed E-state index contributed by atoms with van der Waals surface area (Å²) in [6.07, 6.45) is 4.46. The highest BCUT2D eigenvalue weighted by Crippen LogP contribution is 2.31. The van der Waals surface area contributed by atoms with Gasteiger partial charge < -0.3 is 0 Å². The van der Waals surface area contributed by atoms with Gasteiger partial charge in [-0.25, -0.2) is 0 Å². The summed E-state index contributed by atoms with van der Waals surface area (Å²) in [5.41, 5.74) is 1.33. The Morgan fingerprint density at radius 3 is 2.62 bits per heavy atom. The van der Waals surface area contributed by atoms with E-state index in [2.05, 4.69) is 61.5 Å². The lowest BCUT2D eigenvalue weighted by Crippen LogP contribution is -2.27. The maximum Gasteiger partial charge on any atom is 0.0201 e. The van der Waals surface area contributed by atoms with E-state index in [1.807, 2.05) is 11.8 Å². The van der Waals surface area contributed by atoms with Gasteiger partial charge in [-0.15, -0.1) is 0 Å². The van der Waals surface area contributed by atoms with Gasteiger partial charge in [0.25, 0.3) is 0 Å². The van der Waals surface area contributed by atoms with Crippen molar-refractivity contribution in [1.82, 2.24) is 0 Å². The molecule has 2 aromatic rings. The third-order valence-corrected chi connectivity index (χ3v) is 4.02. The molecule has 16 heavy (non-hydrogen) atoms. The van der Waals surface area contributed by atoms with E-state index >= 15 is 0 Å². The van der Waals surface area contributed by atoms with E-state index in [1.54, 1.807) is 0 Å². The fourth-order valence-electron chi connectivity index (χ4n) is 2.02. The second kappa shape index (κ2) is 3.84. The van der Waals surface area contributed by atoms with E-state index in [9.17, 15) is 0 Å². The molecule has 0 spiro atoms. The Labute approximate surface area is 99.3 Å². The first-order valence-electron chi connectivity index (χ1n) is 5.42. The van der Waals surface area contributed by atoms with Crippen molar-refractivity contribution in [2.75, 3.05) is 0 Å². The van der Waals surface area contributed by atoms with Crippen LogP contribution in [-0.4, -0.2) is 0 Å². The van der Waals surface area contributed by atoms with Crippen LogP contribution in [0.1, 0.15) is 12.5 Å². The molecule has 0 fully saturated rings. The average Bonchev–Trinajstić information content (AvgIpc) is 2.35. The first kappa shape index (κ1) is 9.73. The number of hydrogen-bond donors (Lipinski definition) is 0. The van der Waals surface area contributed by atoms with Crippen molar-refractivity contribution in [2.24, 2.45) is 0 Å². The molecule has 0 aliphatic carbocycles. The van der Waals surface area contributed by atoms with Crippen LogP contribution < -0.4 is 10.4 Å². The van der Waals surface area contributed by atoms with E-state index in [0.29, 0.717) is 0 Å². The maximum atomic E-state index is 2.29. The first-order valence-corrected chi connectivity index (χ1v) is 6.24. The molecule has 1 aliphatic heterocycles. The summed E-state index contributed by atoms with van der Waals surface area (Å²) in [7, 11) is 0. The topological polar surface area (TPSA) is 0 Å². The van der Waals surface area contributed by atoms with Gasteiger partial charge in [-0.1, -0.05) is 48.2 Å². The van der Waals surface area contributed by atoms with Crippen molar-refractivity contribution in [3.8, 4) is 0 Å². The van der Waals surface area contributed by atoms with Crippen LogP contribution in [0.4, 0.5) is 0 Å². The summed E-state index contributed by atoms with van der Waals surface area (Å²) in [5.74, 6) is 0. The third-order valence-electron chi connectivity index (χ3n) is 2.85. The molecule has 0 saturated carbocycles. The summed E-state index contributed by atoms with van der Waals surface area (Å²) in [6, 6.07) is 15.0. The number of benzene rings is 2. The second-order valence-corrected chi connectivity index (χ2v) is 4.92. The molecule has 0 nitrogen and oxygen atoms in total. The average molecular weight is 224 g/mol. The van der Waals surface area contributed by atoms with Gasteiger partial charge in [0.15, 0.2) is 0 Å². The quantitative estimate of drug-likeness (QED) is 0.566. The van der Waals surface area contributed by atoms with Gasteiger partial charge in [-0.3, -0.25) is 0 Å². The SMILES string of the molecule is C/C=c1\cccc2c1=Cc1ccccc1S2. The van der Waals surface area contributed by atoms with Crippen LogP contribution in [0, 0.1) is 0 Å². The lowest BCUT2D eigenvalue weighted by Gasteiger charge is -2.12. The van der Waals surface area contributed by atoms with Crippen LogP contribution in [-0.2, 0) is 0 Å². The monoisotopic (exact) mass is 224 g/mol. The zero-order valence-corrected chi connectivity index (χ0v) is 9.92. The molecule has 1 heterocycles. The molecular weight excluding hydrogens is 212 g/mol. The van der Waals surface area contributed by atoms with Crippen molar-refractivity contribution in [2.45, 2.75) is 16.7 Å². The highest BCUT2D eigenvalue weighted by molar-refractivity contribution is 7.99. The van der Waals surface area contributed by atoms with Crippen LogP contribution in [0.2, 0.25) is 0 Å². The smallest absolute Gasteiger partial charge is 0.0201 e. The van der Waals surface area contributed by atoms with Crippen LogP contribution in [0.3, 0.4) is 0 Å². The van der Waals surface area contributed by atoms with Crippen molar-refractivity contribution in [1.29, 1.82) is 0 Å². The van der Waals surface area contributed by atoms with Crippen LogP contribution in [0.15, 0.2) is 52.3 Å². The van der Waals surface area contributed by atoms with Crippen molar-refractivity contribution >= 4 is 23.9 Å². The maximum absolute atomic E-state index is 2.29. The third kappa shape index (κ3) is 1.48. The van der Waals surface area contributed by atoms with Crippen molar-refractivity contribution in [3.05, 3.63) is 58.5 Å². The number of rotatable bonds is 0. The van der Waals surface area contributed by atoms with Gasteiger partial charge in [0, 0.05) is 9.79 Å². The fourth-order valence-corrected chi connectivity index (χ4v) is 3.08. The predicted molar refractivity (Wildman–Crippen MR) is 70.0 cm³/mol. The molecular formula is C15H12S. The van der Waals surface area contributed by atoms with E-state index in [-0.39, 0.29) is 0 Å². The molecule has 0 aromatic heterocycles. The molecule has 78 valence electrons. The Kier molecular flexibility index (Phi) is 2.33. The van der Waals surface area contributed by atoms with Gasteiger partial charge in [-0.2, -0.15) is 0 Å². The molecule has 1 aliphatic rings. The Hall–Kier alpha value is -1.47. The first-order chi connectivity index (χ1) is 7.88. The zero-order valence-electron chi connectivity index (χ0n) is 9.10. The molecule has 2 aromatic carbocycles. The van der Waals surface area contributed by atoms with E-state index in [0.717, 1.165) is 0 Å². The standard InChI is InChI=1S/C15H12S/c1-2-11-7-5-9-15-13(11)10-12-6-3-4-8-14(12)16-15/h2-10H,1H3/b11-2+. The molecule has 0 amide bonds. The Morgan fingerprint density at radius 2 is 1.75 bits per heavy atom. The molecule has 0 unspecified atom stereocenters. The molecule has 0 atom stereocenters. The minimum atomic E-state index is 1.32. The minimum absolute atomic E-state index is 1.32. The largest absolute Gasteiger partial charge is 0.0888 e. The lowest BCUT2D eigenvalue weighted by atomic mass is 10.1. The summed E-state index contributed by atoms with van der Waals surface area (Å²) in [6.45, 7) is 2.09. The normalized spacial score (nSPS) is 13.9. The fraction of sp³-hybridized carbons (Fsp3) is 0.0667. The predicted octanol–water partition coefficient (Wildman–Crippen LogP) is 2.78. The summed E-state index contributed by atoms with van der Waals surface area (Å²) in [4.78, 5) is 2.71. The van der Waals surface area contributed by atoms with Crippen LogP contribution in [0.25, 0.3) is 12.2 Å². The van der Waals surface area contributed by atoms with Crippen LogP contribution in [0.5, 0.6) is 0 Å². The zero-order chi connectivity index (χ0) is 11.0. The van der Waals surface area contributed by atoms with Gasteiger partial charge in [0.1, 0.15) is 0 Å². The van der Waals surface area contributed by atoms with E-state index in [4.69, 9.17) is 0 Å². The highest BCUT2D eigenvalue weighted by atomic mass is 32.2. The molecule has 0 saturated heterocycles. The van der Waals surface area contributed by atoms with Gasteiger partial charge >= 0.3 is 0 Å². The van der Waals surface area contributed by atoms with E-state index in [1.165, 1.54) is 25.8 Å². The highest BCUT2D eigenvalue weighted by Gasteiger charge is 2.08. The molecule has 0 bridgehead atoms. The van der Waals surface area contributed by atoms with Crippen molar-refractivity contribution in [3.63, 3.8) is 0 Å². The molecule has 1 heteroatoms.